The second kappa shape index (κ2) is 4.61. The number of carbonyl (C=O) groups is 1. The van der Waals surface area contributed by atoms with Gasteiger partial charge in [-0.2, -0.15) is 5.10 Å². The van der Waals surface area contributed by atoms with Crippen LogP contribution in [0.4, 0.5) is 10.6 Å². The summed E-state index contributed by atoms with van der Waals surface area (Å²) in [7, 11) is 1.80. The number of hydrogen-bond acceptors (Lipinski definition) is 3. The Balaban J connectivity index is 2.73. The van der Waals surface area contributed by atoms with E-state index in [0.717, 1.165) is 11.3 Å². The molecule has 1 aromatic rings. The molecule has 0 fully saturated rings. The summed E-state index contributed by atoms with van der Waals surface area (Å²) in [6, 6.07) is 1.76. The van der Waals surface area contributed by atoms with E-state index in [0.29, 0.717) is 5.82 Å². The molecule has 17 heavy (non-hydrogen) atoms. The summed E-state index contributed by atoms with van der Waals surface area (Å²) >= 11 is 0. The van der Waals surface area contributed by atoms with Crippen LogP contribution in [0.1, 0.15) is 33.4 Å². The van der Waals surface area contributed by atoms with Crippen LogP contribution in [0.5, 0.6) is 0 Å². The van der Waals surface area contributed by atoms with E-state index in [1.54, 1.807) is 17.8 Å². The number of hydrogen-bond donors (Lipinski definition) is 1. The summed E-state index contributed by atoms with van der Waals surface area (Å²) in [5, 5.41) is 6.73. The molecule has 1 amide bonds. The van der Waals surface area contributed by atoms with Crippen molar-refractivity contribution >= 4 is 17.5 Å². The van der Waals surface area contributed by atoms with Gasteiger partial charge in [0.05, 0.1) is 5.69 Å². The molecule has 1 aromatic heterocycles. The minimum atomic E-state index is -0.518. The molecule has 0 aliphatic rings. The number of ether oxygens (including phenoxy) is 1. The van der Waals surface area contributed by atoms with Gasteiger partial charge in [-0.05, 0) is 33.3 Å². The number of anilines is 1. The van der Waals surface area contributed by atoms with Crippen molar-refractivity contribution in [1.29, 1.82) is 0 Å². The number of aryl methyl sites for hydroxylation is 1. The lowest BCUT2D eigenvalue weighted by Crippen LogP contribution is -2.27. The minimum absolute atomic E-state index is 0.458. The van der Waals surface area contributed by atoms with E-state index in [1.807, 2.05) is 27.7 Å². The predicted octanol–water partition coefficient (Wildman–Crippen LogP) is 2.80. The van der Waals surface area contributed by atoms with Crippen LogP contribution < -0.4 is 5.32 Å². The van der Waals surface area contributed by atoms with Crippen molar-refractivity contribution in [2.75, 3.05) is 5.32 Å². The summed E-state index contributed by atoms with van der Waals surface area (Å²) < 4.78 is 6.79. The molecule has 0 aliphatic heterocycles. The van der Waals surface area contributed by atoms with Crippen molar-refractivity contribution < 1.29 is 9.53 Å². The van der Waals surface area contributed by atoms with Gasteiger partial charge in [-0.1, -0.05) is 6.58 Å². The van der Waals surface area contributed by atoms with Gasteiger partial charge < -0.3 is 4.74 Å². The Bertz CT molecular complexity index is 441. The molecule has 1 N–H and O–H groups in total. The van der Waals surface area contributed by atoms with E-state index in [1.165, 1.54) is 0 Å². The molecule has 5 heteroatoms. The zero-order valence-corrected chi connectivity index (χ0v) is 11.0. The molecule has 0 spiro atoms. The number of nitrogens with one attached hydrogen (secondary N) is 1. The SMILES string of the molecule is C=C(C)c1cc(NC(=O)OC(C)(C)C)nn1C. The predicted molar refractivity (Wildman–Crippen MR) is 67.8 cm³/mol. The molecule has 1 heterocycles. The van der Waals surface area contributed by atoms with E-state index in [4.69, 9.17) is 4.74 Å². The van der Waals surface area contributed by atoms with Crippen molar-refractivity contribution in [3.8, 4) is 0 Å². The molecule has 0 bridgehead atoms. The lowest BCUT2D eigenvalue weighted by Gasteiger charge is -2.18. The monoisotopic (exact) mass is 237 g/mol. The van der Waals surface area contributed by atoms with Crippen molar-refractivity contribution in [1.82, 2.24) is 9.78 Å². The second-order valence-corrected chi connectivity index (χ2v) is 4.95. The second-order valence-electron chi connectivity index (χ2n) is 4.95. The maximum Gasteiger partial charge on any atom is 0.413 e. The first-order valence-electron chi connectivity index (χ1n) is 5.39. The van der Waals surface area contributed by atoms with Crippen LogP contribution in [0.3, 0.4) is 0 Å². The van der Waals surface area contributed by atoms with E-state index in [2.05, 4.69) is 17.0 Å². The van der Waals surface area contributed by atoms with E-state index < -0.39 is 11.7 Å². The van der Waals surface area contributed by atoms with Gasteiger partial charge in [0.1, 0.15) is 5.60 Å². The average Bonchev–Trinajstić information content (AvgIpc) is 2.42. The molecule has 5 nitrogen and oxygen atoms in total. The maximum absolute atomic E-state index is 11.5. The Hall–Kier alpha value is -1.78. The summed E-state index contributed by atoms with van der Waals surface area (Å²) in [6.45, 7) is 11.1. The van der Waals surface area contributed by atoms with Gasteiger partial charge >= 0.3 is 6.09 Å². The van der Waals surface area contributed by atoms with Gasteiger partial charge in [0.15, 0.2) is 5.82 Å². The van der Waals surface area contributed by atoms with Crippen molar-refractivity contribution in [2.45, 2.75) is 33.3 Å². The molecule has 1 rings (SSSR count). The number of allylic oxidation sites excluding steroid dienone is 1. The van der Waals surface area contributed by atoms with Crippen LogP contribution in [0.25, 0.3) is 5.57 Å². The number of nitrogens with zero attached hydrogens (tertiary/aromatic N) is 2. The third-order valence-electron chi connectivity index (χ3n) is 1.95. The average molecular weight is 237 g/mol. The zero-order chi connectivity index (χ0) is 13.2. The highest BCUT2D eigenvalue weighted by molar-refractivity contribution is 5.84. The molecule has 0 unspecified atom stereocenters. The van der Waals surface area contributed by atoms with Gasteiger partial charge in [0.2, 0.25) is 0 Å². The molecule has 0 radical (unpaired) electrons. The highest BCUT2D eigenvalue weighted by Gasteiger charge is 2.17. The Morgan fingerprint density at radius 3 is 2.53 bits per heavy atom. The summed E-state index contributed by atoms with van der Waals surface area (Å²) in [6.07, 6.45) is -0.510. The van der Waals surface area contributed by atoms with Gasteiger partial charge in [-0.25, -0.2) is 4.79 Å². The van der Waals surface area contributed by atoms with Crippen LogP contribution in [0.2, 0.25) is 0 Å². The first kappa shape index (κ1) is 13.3. The first-order valence-corrected chi connectivity index (χ1v) is 5.39. The zero-order valence-electron chi connectivity index (χ0n) is 11.0. The van der Waals surface area contributed by atoms with E-state index in [9.17, 15) is 4.79 Å². The maximum atomic E-state index is 11.5. The Morgan fingerprint density at radius 1 is 1.53 bits per heavy atom. The lowest BCUT2D eigenvalue weighted by molar-refractivity contribution is 0.0635. The standard InChI is InChI=1S/C12H19N3O2/c1-8(2)9-7-10(14-15(9)6)13-11(16)17-12(3,4)5/h7H,1H2,2-6H3,(H,13,14,16). The molecule has 94 valence electrons. The van der Waals surface area contributed by atoms with E-state index in [-0.39, 0.29) is 0 Å². The Labute approximate surface area is 101 Å². The number of carbonyl (C=O) groups excluding carboxylic acids is 1. The van der Waals surface area contributed by atoms with Crippen LogP contribution in [-0.2, 0) is 11.8 Å². The van der Waals surface area contributed by atoms with Gasteiger partial charge in [0.25, 0.3) is 0 Å². The molecule has 0 aromatic carbocycles. The van der Waals surface area contributed by atoms with Crippen molar-refractivity contribution in [2.24, 2.45) is 7.05 Å². The van der Waals surface area contributed by atoms with Crippen LogP contribution in [0.15, 0.2) is 12.6 Å². The molecule has 0 saturated carbocycles. The van der Waals surface area contributed by atoms with Crippen LogP contribution in [0, 0.1) is 0 Å². The summed E-state index contributed by atoms with van der Waals surface area (Å²) in [4.78, 5) is 11.5. The Morgan fingerprint density at radius 2 is 2.12 bits per heavy atom. The Kier molecular flexibility index (Phi) is 3.60. The molecule has 0 atom stereocenters. The molecule has 0 aliphatic carbocycles. The quantitative estimate of drug-likeness (QED) is 0.860. The fraction of sp³-hybridized carbons (Fsp3) is 0.500. The summed E-state index contributed by atoms with van der Waals surface area (Å²) in [5.74, 6) is 0.458. The van der Waals surface area contributed by atoms with Crippen LogP contribution in [-0.4, -0.2) is 21.5 Å². The third kappa shape index (κ3) is 3.94. The number of rotatable bonds is 2. The van der Waals surface area contributed by atoms with Gasteiger partial charge in [-0.3, -0.25) is 10.00 Å². The van der Waals surface area contributed by atoms with Crippen LogP contribution >= 0.6 is 0 Å². The van der Waals surface area contributed by atoms with Gasteiger partial charge in [0, 0.05) is 13.1 Å². The first-order chi connectivity index (χ1) is 7.69. The van der Waals surface area contributed by atoms with Crippen molar-refractivity contribution in [3.05, 3.63) is 18.3 Å². The van der Waals surface area contributed by atoms with E-state index >= 15 is 0 Å². The largest absolute Gasteiger partial charge is 0.444 e. The van der Waals surface area contributed by atoms with Crippen molar-refractivity contribution in [3.63, 3.8) is 0 Å². The highest BCUT2D eigenvalue weighted by Crippen LogP contribution is 2.16. The number of amides is 1. The topological polar surface area (TPSA) is 56.1 Å². The third-order valence-corrected chi connectivity index (χ3v) is 1.95. The summed E-state index contributed by atoms with van der Waals surface area (Å²) in [5.41, 5.74) is 1.24. The fourth-order valence-electron chi connectivity index (χ4n) is 1.34. The smallest absolute Gasteiger partial charge is 0.413 e. The lowest BCUT2D eigenvalue weighted by atomic mass is 10.2. The molecular weight excluding hydrogens is 218 g/mol. The molecule has 0 saturated heterocycles. The molecular formula is C12H19N3O2. The normalized spacial score (nSPS) is 11.1. The van der Waals surface area contributed by atoms with Gasteiger partial charge in [-0.15, -0.1) is 0 Å². The minimum Gasteiger partial charge on any atom is -0.444 e. The highest BCUT2D eigenvalue weighted by atomic mass is 16.6. The fourth-order valence-corrected chi connectivity index (χ4v) is 1.34. The number of aromatic nitrogens is 2.